The number of halogens is 1. The van der Waals surface area contributed by atoms with Crippen LogP contribution in [-0.4, -0.2) is 19.3 Å². The van der Waals surface area contributed by atoms with Crippen molar-refractivity contribution in [3.05, 3.63) is 44.3 Å². The van der Waals surface area contributed by atoms with Gasteiger partial charge in [-0.25, -0.2) is 4.98 Å². The molecule has 0 spiro atoms. The van der Waals surface area contributed by atoms with Crippen LogP contribution >= 0.6 is 15.9 Å². The van der Waals surface area contributed by atoms with E-state index in [1.54, 1.807) is 22.5 Å². The Bertz CT molecular complexity index is 629. The van der Waals surface area contributed by atoms with Gasteiger partial charge in [0.05, 0.1) is 28.7 Å². The highest BCUT2D eigenvalue weighted by Crippen LogP contribution is 2.21. The molecule has 2 rings (SSSR count). The van der Waals surface area contributed by atoms with E-state index < -0.39 is 0 Å². The summed E-state index contributed by atoms with van der Waals surface area (Å²) in [6, 6.07) is 1.53. The fraction of sp³-hybridized carbons (Fsp3) is 0.417. The molecule has 0 fully saturated rings. The summed E-state index contributed by atoms with van der Waals surface area (Å²) in [6.07, 6.45) is 2.43. The van der Waals surface area contributed by atoms with Gasteiger partial charge < -0.3 is 0 Å². The maximum absolute atomic E-state index is 11.8. The third-order valence-corrected chi connectivity index (χ3v) is 3.75. The molecule has 0 unspecified atom stereocenters. The molecular formula is C12H15BrN4O. The van der Waals surface area contributed by atoms with Crippen LogP contribution in [0.4, 0.5) is 0 Å². The Morgan fingerprint density at radius 1 is 1.44 bits per heavy atom. The quantitative estimate of drug-likeness (QED) is 0.866. The number of hydrogen-bond acceptors (Lipinski definition) is 3. The molecule has 2 aromatic rings. The molecule has 2 heterocycles. The third-order valence-electron chi connectivity index (χ3n) is 2.84. The van der Waals surface area contributed by atoms with Crippen molar-refractivity contribution in [2.45, 2.75) is 26.8 Å². The van der Waals surface area contributed by atoms with E-state index in [1.165, 1.54) is 6.07 Å². The van der Waals surface area contributed by atoms with E-state index in [0.717, 1.165) is 28.0 Å². The number of aryl methyl sites for hydroxylation is 3. The summed E-state index contributed by atoms with van der Waals surface area (Å²) in [6.45, 7) is 4.33. The molecule has 0 aliphatic rings. The van der Waals surface area contributed by atoms with Crippen molar-refractivity contribution >= 4 is 15.9 Å². The van der Waals surface area contributed by atoms with Crippen molar-refractivity contribution in [3.63, 3.8) is 0 Å². The van der Waals surface area contributed by atoms with Gasteiger partial charge in [-0.2, -0.15) is 5.10 Å². The van der Waals surface area contributed by atoms with Crippen molar-refractivity contribution in [2.24, 2.45) is 7.05 Å². The van der Waals surface area contributed by atoms with E-state index in [1.807, 2.05) is 7.05 Å². The standard InChI is InChI=1S/C12H15BrN4O/c1-4-9-12(13)10(16(3)15-9)6-17-7-14-8(2)5-11(17)18/h5,7H,4,6H2,1-3H3. The Hall–Kier alpha value is -1.43. The van der Waals surface area contributed by atoms with Crippen LogP contribution in [-0.2, 0) is 20.0 Å². The molecule has 0 atom stereocenters. The lowest BCUT2D eigenvalue weighted by molar-refractivity contribution is 0.639. The van der Waals surface area contributed by atoms with Crippen LogP contribution in [0.2, 0.25) is 0 Å². The Labute approximate surface area is 114 Å². The largest absolute Gasteiger partial charge is 0.293 e. The molecule has 0 N–H and O–H groups in total. The second-order valence-electron chi connectivity index (χ2n) is 4.18. The van der Waals surface area contributed by atoms with Crippen molar-refractivity contribution in [1.29, 1.82) is 0 Å². The molecule has 18 heavy (non-hydrogen) atoms. The van der Waals surface area contributed by atoms with Gasteiger partial charge in [0, 0.05) is 18.8 Å². The first-order valence-electron chi connectivity index (χ1n) is 5.76. The summed E-state index contributed by atoms with van der Waals surface area (Å²) in [4.78, 5) is 16.0. The molecule has 0 saturated heterocycles. The van der Waals surface area contributed by atoms with Gasteiger partial charge in [-0.1, -0.05) is 6.92 Å². The van der Waals surface area contributed by atoms with E-state index in [9.17, 15) is 4.79 Å². The lowest BCUT2D eigenvalue weighted by Crippen LogP contribution is -2.21. The molecule has 0 aliphatic carbocycles. The Morgan fingerprint density at radius 3 is 2.72 bits per heavy atom. The van der Waals surface area contributed by atoms with Crippen LogP contribution < -0.4 is 5.56 Å². The predicted octanol–water partition coefficient (Wildman–Crippen LogP) is 1.66. The van der Waals surface area contributed by atoms with E-state index in [4.69, 9.17) is 0 Å². The van der Waals surface area contributed by atoms with Gasteiger partial charge in [0.15, 0.2) is 0 Å². The average molecular weight is 311 g/mol. The first-order chi connectivity index (χ1) is 8.52. The second kappa shape index (κ2) is 5.06. The van der Waals surface area contributed by atoms with E-state index in [2.05, 4.69) is 32.9 Å². The predicted molar refractivity (Wildman–Crippen MR) is 72.6 cm³/mol. The Balaban J connectivity index is 2.40. The summed E-state index contributed by atoms with van der Waals surface area (Å²) in [7, 11) is 1.88. The molecular weight excluding hydrogens is 296 g/mol. The van der Waals surface area contributed by atoms with E-state index in [-0.39, 0.29) is 5.56 Å². The van der Waals surface area contributed by atoms with Crippen molar-refractivity contribution < 1.29 is 0 Å². The fourth-order valence-electron chi connectivity index (χ4n) is 1.79. The molecule has 6 heteroatoms. The first kappa shape index (κ1) is 13.0. The summed E-state index contributed by atoms with van der Waals surface area (Å²) < 4.78 is 4.35. The van der Waals surface area contributed by atoms with Crippen LogP contribution in [0.5, 0.6) is 0 Å². The minimum absolute atomic E-state index is 0.0475. The smallest absolute Gasteiger partial charge is 0.253 e. The number of nitrogens with zero attached hydrogens (tertiary/aromatic N) is 4. The van der Waals surface area contributed by atoms with Crippen LogP contribution in [0, 0.1) is 6.92 Å². The zero-order valence-corrected chi connectivity index (χ0v) is 12.2. The highest BCUT2D eigenvalue weighted by atomic mass is 79.9. The third kappa shape index (κ3) is 2.38. The number of hydrogen-bond donors (Lipinski definition) is 0. The van der Waals surface area contributed by atoms with Crippen LogP contribution in [0.1, 0.15) is 24.0 Å². The second-order valence-corrected chi connectivity index (χ2v) is 4.97. The van der Waals surface area contributed by atoms with Gasteiger partial charge in [0.2, 0.25) is 0 Å². The molecule has 0 radical (unpaired) electrons. The summed E-state index contributed by atoms with van der Waals surface area (Å²) in [5, 5.41) is 4.41. The van der Waals surface area contributed by atoms with Crippen molar-refractivity contribution in [2.75, 3.05) is 0 Å². The molecule has 0 saturated carbocycles. The molecule has 2 aromatic heterocycles. The first-order valence-corrected chi connectivity index (χ1v) is 6.55. The lowest BCUT2D eigenvalue weighted by Gasteiger charge is -2.06. The zero-order valence-electron chi connectivity index (χ0n) is 10.6. The van der Waals surface area contributed by atoms with Crippen molar-refractivity contribution in [1.82, 2.24) is 19.3 Å². The molecule has 0 aromatic carbocycles. The minimum Gasteiger partial charge on any atom is -0.293 e. The van der Waals surface area contributed by atoms with Gasteiger partial charge in [-0.3, -0.25) is 14.0 Å². The van der Waals surface area contributed by atoms with Gasteiger partial charge in [-0.15, -0.1) is 0 Å². The van der Waals surface area contributed by atoms with Crippen LogP contribution in [0.25, 0.3) is 0 Å². The topological polar surface area (TPSA) is 52.7 Å². The summed E-state index contributed by atoms with van der Waals surface area (Å²) >= 11 is 3.54. The van der Waals surface area contributed by atoms with E-state index in [0.29, 0.717) is 6.54 Å². The Morgan fingerprint density at radius 2 is 2.17 bits per heavy atom. The molecule has 96 valence electrons. The zero-order chi connectivity index (χ0) is 13.3. The van der Waals surface area contributed by atoms with Gasteiger partial charge in [-0.05, 0) is 29.3 Å². The van der Waals surface area contributed by atoms with Crippen LogP contribution in [0.15, 0.2) is 21.7 Å². The maximum Gasteiger partial charge on any atom is 0.253 e. The van der Waals surface area contributed by atoms with Crippen LogP contribution in [0.3, 0.4) is 0 Å². The molecule has 0 amide bonds. The molecule has 0 aliphatic heterocycles. The molecule has 0 bridgehead atoms. The highest BCUT2D eigenvalue weighted by Gasteiger charge is 2.13. The summed E-state index contributed by atoms with van der Waals surface area (Å²) in [5.41, 5.74) is 2.66. The lowest BCUT2D eigenvalue weighted by atomic mass is 10.3. The molecule has 5 nitrogen and oxygen atoms in total. The van der Waals surface area contributed by atoms with Gasteiger partial charge in [0.25, 0.3) is 5.56 Å². The number of rotatable bonds is 3. The monoisotopic (exact) mass is 310 g/mol. The number of aromatic nitrogens is 4. The van der Waals surface area contributed by atoms with Gasteiger partial charge >= 0.3 is 0 Å². The SMILES string of the molecule is CCc1nn(C)c(Cn2cnc(C)cc2=O)c1Br. The average Bonchev–Trinajstić information content (AvgIpc) is 2.59. The Kier molecular flexibility index (Phi) is 3.65. The van der Waals surface area contributed by atoms with E-state index >= 15 is 0 Å². The highest BCUT2D eigenvalue weighted by molar-refractivity contribution is 9.10. The maximum atomic E-state index is 11.8. The summed E-state index contributed by atoms with van der Waals surface area (Å²) in [5.74, 6) is 0. The normalized spacial score (nSPS) is 10.9. The van der Waals surface area contributed by atoms with Crippen molar-refractivity contribution in [3.8, 4) is 0 Å². The fourth-order valence-corrected chi connectivity index (χ4v) is 2.53. The minimum atomic E-state index is -0.0475. The van der Waals surface area contributed by atoms with Gasteiger partial charge in [0.1, 0.15) is 0 Å².